The highest BCUT2D eigenvalue weighted by Crippen LogP contribution is 2.40. The van der Waals surface area contributed by atoms with Gasteiger partial charge in [0.1, 0.15) is 0 Å². The van der Waals surface area contributed by atoms with Gasteiger partial charge in [0, 0.05) is 17.7 Å². The first-order valence-corrected chi connectivity index (χ1v) is 9.39. The molecule has 0 spiro atoms. The highest BCUT2D eigenvalue weighted by molar-refractivity contribution is 5.92. The van der Waals surface area contributed by atoms with Gasteiger partial charge in [-0.25, -0.2) is 4.98 Å². The number of rotatable bonds is 6. The van der Waals surface area contributed by atoms with E-state index in [9.17, 15) is 18.3 Å². The largest absolute Gasteiger partial charge is 0.481 e. The Morgan fingerprint density at radius 1 is 1.00 bits per heavy atom. The van der Waals surface area contributed by atoms with Gasteiger partial charge in [0.15, 0.2) is 5.60 Å². The van der Waals surface area contributed by atoms with Crippen LogP contribution < -0.4 is 4.74 Å². The van der Waals surface area contributed by atoms with Gasteiger partial charge in [-0.2, -0.15) is 13.2 Å². The van der Waals surface area contributed by atoms with Gasteiger partial charge in [0.05, 0.1) is 18.3 Å². The van der Waals surface area contributed by atoms with Gasteiger partial charge in [-0.1, -0.05) is 50.2 Å². The van der Waals surface area contributed by atoms with Crippen molar-refractivity contribution in [1.82, 2.24) is 4.98 Å². The van der Waals surface area contributed by atoms with Gasteiger partial charge < -0.3 is 9.84 Å². The average Bonchev–Trinajstić information content (AvgIpc) is 2.71. The zero-order chi connectivity index (χ0) is 22.0. The molecule has 1 aromatic heterocycles. The molecular formula is C23H23F3N2O2. The van der Waals surface area contributed by atoms with Crippen molar-refractivity contribution in [2.24, 2.45) is 4.99 Å². The topological polar surface area (TPSA) is 54.7 Å². The van der Waals surface area contributed by atoms with E-state index in [1.54, 1.807) is 74.5 Å². The molecule has 1 heterocycles. The highest BCUT2D eigenvalue weighted by Gasteiger charge is 2.55. The Bertz CT molecular complexity index is 1050. The third-order valence-electron chi connectivity index (χ3n) is 5.07. The van der Waals surface area contributed by atoms with Gasteiger partial charge in [0.2, 0.25) is 5.88 Å². The van der Waals surface area contributed by atoms with Gasteiger partial charge in [-0.15, -0.1) is 0 Å². The summed E-state index contributed by atoms with van der Waals surface area (Å²) in [5.41, 5.74) is -2.53. The number of halogens is 3. The molecule has 3 aromatic rings. The zero-order valence-electron chi connectivity index (χ0n) is 16.9. The van der Waals surface area contributed by atoms with Crippen molar-refractivity contribution in [3.8, 4) is 5.88 Å². The Balaban J connectivity index is 1.99. The van der Waals surface area contributed by atoms with E-state index in [0.29, 0.717) is 28.6 Å². The normalized spacial score (nSPS) is 14.8. The number of pyridine rings is 1. The summed E-state index contributed by atoms with van der Waals surface area (Å²) in [5.74, 6) is 0.389. The van der Waals surface area contributed by atoms with Crippen LogP contribution in [0.15, 0.2) is 65.7 Å². The minimum Gasteiger partial charge on any atom is -0.481 e. The fourth-order valence-corrected chi connectivity index (χ4v) is 3.41. The van der Waals surface area contributed by atoms with Crippen LogP contribution in [0.1, 0.15) is 25.8 Å². The molecule has 1 N–H and O–H groups in total. The molecule has 4 nitrogen and oxygen atoms in total. The molecule has 2 aromatic carbocycles. The predicted molar refractivity (Wildman–Crippen MR) is 112 cm³/mol. The van der Waals surface area contributed by atoms with E-state index in [-0.39, 0.29) is 5.69 Å². The smallest absolute Gasteiger partial charge is 0.422 e. The second-order valence-corrected chi connectivity index (χ2v) is 7.80. The molecule has 0 radical (unpaired) electrons. The number of aromatic nitrogens is 1. The number of methoxy groups -OCH3 is 1. The van der Waals surface area contributed by atoms with Crippen LogP contribution in [0.3, 0.4) is 0 Å². The van der Waals surface area contributed by atoms with E-state index in [1.165, 1.54) is 7.11 Å². The average molecular weight is 416 g/mol. The molecule has 7 heteroatoms. The highest BCUT2D eigenvalue weighted by atomic mass is 19.4. The van der Waals surface area contributed by atoms with Crippen LogP contribution >= 0.6 is 0 Å². The standard InChI is InChI=1S/C23H23F3N2O2/c1-21(2,16-8-5-4-6-9-16)14-22(29,23(24,25)26)15-27-18-10-7-11-19-17(18)12-13-20(28-19)30-3/h4-13,15,29H,14H2,1-3H3/b27-15+. The third kappa shape index (κ3) is 4.46. The maximum atomic E-state index is 13.9. The first-order valence-electron chi connectivity index (χ1n) is 9.39. The molecule has 0 saturated carbocycles. The predicted octanol–water partition coefficient (Wildman–Crippen LogP) is 5.61. The lowest BCUT2D eigenvalue weighted by Crippen LogP contribution is -2.50. The second kappa shape index (κ2) is 8.07. The van der Waals surface area contributed by atoms with Crippen molar-refractivity contribution in [2.75, 3.05) is 7.11 Å². The molecule has 0 saturated heterocycles. The molecule has 1 atom stereocenters. The van der Waals surface area contributed by atoms with Crippen molar-refractivity contribution in [1.29, 1.82) is 0 Å². The molecule has 0 aliphatic heterocycles. The molecule has 0 amide bonds. The van der Waals surface area contributed by atoms with Crippen LogP contribution in [0, 0.1) is 0 Å². The summed E-state index contributed by atoms with van der Waals surface area (Å²) in [4.78, 5) is 8.30. The quantitative estimate of drug-likeness (QED) is 0.532. The molecule has 158 valence electrons. The summed E-state index contributed by atoms with van der Waals surface area (Å²) < 4.78 is 46.8. The minimum atomic E-state index is -4.89. The number of aliphatic hydroxyl groups is 1. The summed E-state index contributed by atoms with van der Waals surface area (Å²) in [6, 6.07) is 17.0. The Kier molecular flexibility index (Phi) is 5.85. The summed E-state index contributed by atoms with van der Waals surface area (Å²) >= 11 is 0. The van der Waals surface area contributed by atoms with Crippen LogP contribution in [-0.4, -0.2) is 35.2 Å². The van der Waals surface area contributed by atoms with Crippen molar-refractivity contribution >= 4 is 22.8 Å². The van der Waals surface area contributed by atoms with Crippen LogP contribution in [-0.2, 0) is 5.41 Å². The number of hydrogen-bond donors (Lipinski definition) is 1. The molecular weight excluding hydrogens is 393 g/mol. The molecule has 0 bridgehead atoms. The molecule has 0 aliphatic carbocycles. The lowest BCUT2D eigenvalue weighted by Gasteiger charge is -2.35. The Labute approximate surface area is 173 Å². The first kappa shape index (κ1) is 21.8. The number of hydrogen-bond acceptors (Lipinski definition) is 4. The van der Waals surface area contributed by atoms with Crippen LogP contribution in [0.4, 0.5) is 18.9 Å². The third-order valence-corrected chi connectivity index (χ3v) is 5.07. The number of aliphatic imine (C=N–C) groups is 1. The number of nitrogens with zero attached hydrogens (tertiary/aromatic N) is 2. The fraction of sp³-hybridized carbons (Fsp3) is 0.304. The summed E-state index contributed by atoms with van der Waals surface area (Å²) in [5, 5.41) is 11.2. The Morgan fingerprint density at radius 2 is 1.70 bits per heavy atom. The lowest BCUT2D eigenvalue weighted by molar-refractivity contribution is -0.234. The summed E-state index contributed by atoms with van der Waals surface area (Å²) in [6.07, 6.45) is -4.88. The van der Waals surface area contributed by atoms with Crippen molar-refractivity contribution < 1.29 is 23.0 Å². The van der Waals surface area contributed by atoms with E-state index in [4.69, 9.17) is 4.74 Å². The van der Waals surface area contributed by atoms with Gasteiger partial charge in [-0.05, 0) is 35.6 Å². The minimum absolute atomic E-state index is 0.280. The van der Waals surface area contributed by atoms with Crippen molar-refractivity contribution in [3.63, 3.8) is 0 Å². The lowest BCUT2D eigenvalue weighted by atomic mass is 9.75. The SMILES string of the molecule is COc1ccc2c(/N=C/C(O)(CC(C)(C)c3ccccc3)C(F)(F)F)cccc2n1. The van der Waals surface area contributed by atoms with E-state index < -0.39 is 23.6 Å². The van der Waals surface area contributed by atoms with Crippen molar-refractivity contribution in [2.45, 2.75) is 37.5 Å². The maximum Gasteiger partial charge on any atom is 0.422 e. The van der Waals surface area contributed by atoms with Gasteiger partial charge in [-0.3, -0.25) is 4.99 Å². The maximum absolute atomic E-state index is 13.9. The zero-order valence-corrected chi connectivity index (χ0v) is 16.9. The van der Waals surface area contributed by atoms with Gasteiger partial charge in [0.25, 0.3) is 0 Å². The summed E-state index contributed by atoms with van der Waals surface area (Å²) in [7, 11) is 1.48. The van der Waals surface area contributed by atoms with E-state index in [2.05, 4.69) is 9.98 Å². The molecule has 3 rings (SSSR count). The summed E-state index contributed by atoms with van der Waals surface area (Å²) in [6.45, 7) is 3.34. The molecule has 1 unspecified atom stereocenters. The first-order chi connectivity index (χ1) is 14.1. The van der Waals surface area contributed by atoms with Crippen LogP contribution in [0.25, 0.3) is 10.9 Å². The molecule has 0 aliphatic rings. The van der Waals surface area contributed by atoms with Crippen LogP contribution in [0.2, 0.25) is 0 Å². The number of alkyl halides is 3. The molecule has 30 heavy (non-hydrogen) atoms. The second-order valence-electron chi connectivity index (χ2n) is 7.80. The van der Waals surface area contributed by atoms with E-state index in [1.807, 2.05) is 0 Å². The monoisotopic (exact) mass is 416 g/mol. The Morgan fingerprint density at radius 3 is 2.33 bits per heavy atom. The Hall–Kier alpha value is -2.93. The van der Waals surface area contributed by atoms with Crippen LogP contribution in [0.5, 0.6) is 5.88 Å². The van der Waals surface area contributed by atoms with E-state index in [0.717, 1.165) is 0 Å². The number of fused-ring (bicyclic) bond motifs is 1. The van der Waals surface area contributed by atoms with Crippen molar-refractivity contribution in [3.05, 3.63) is 66.2 Å². The number of ether oxygens (including phenoxy) is 1. The molecule has 0 fully saturated rings. The van der Waals surface area contributed by atoms with Gasteiger partial charge >= 0.3 is 6.18 Å². The van der Waals surface area contributed by atoms with E-state index >= 15 is 0 Å². The number of benzene rings is 2. The fourth-order valence-electron chi connectivity index (χ4n) is 3.41.